The monoisotopic (exact) mass is 377 g/mol. The molecule has 1 aromatic heterocycles. The molecule has 0 saturated carbocycles. The minimum absolute atomic E-state index is 0.00193. The number of carbonyl (C=O) groups excluding carboxylic acids is 1. The van der Waals surface area contributed by atoms with Crippen molar-refractivity contribution in [1.82, 2.24) is 4.90 Å². The molecule has 0 bridgehead atoms. The minimum Gasteiger partial charge on any atom is -0.450 e. The van der Waals surface area contributed by atoms with Gasteiger partial charge in [-0.1, -0.05) is 57.2 Å². The number of hydrogen-bond donors (Lipinski definition) is 1. The summed E-state index contributed by atoms with van der Waals surface area (Å²) in [4.78, 5) is 27.7. The standard InChI is InChI=1S/C23H23NO4/c1-23(2,3)15-10-8-14(9-11-15)19-18-20(26)16-6-4-5-7-17(16)28-21(18)22(27)24(19)12-13-25/h4-11,19,25H,12-13H2,1-3H3/t19-/m0/s1. The largest absolute Gasteiger partial charge is 0.450 e. The molecule has 5 nitrogen and oxygen atoms in total. The third-order valence-corrected chi connectivity index (χ3v) is 5.31. The van der Waals surface area contributed by atoms with E-state index in [2.05, 4.69) is 20.8 Å². The normalized spacial score (nSPS) is 16.6. The number of para-hydroxylation sites is 1. The van der Waals surface area contributed by atoms with Crippen molar-refractivity contribution in [3.63, 3.8) is 0 Å². The number of hydrogen-bond acceptors (Lipinski definition) is 4. The first-order valence-electron chi connectivity index (χ1n) is 9.41. The highest BCUT2D eigenvalue weighted by Gasteiger charge is 2.42. The lowest BCUT2D eigenvalue weighted by molar-refractivity contribution is 0.0691. The highest BCUT2D eigenvalue weighted by atomic mass is 16.3. The summed E-state index contributed by atoms with van der Waals surface area (Å²) in [7, 11) is 0. The summed E-state index contributed by atoms with van der Waals surface area (Å²) in [5.41, 5.74) is 2.54. The summed E-state index contributed by atoms with van der Waals surface area (Å²) in [6.07, 6.45) is 0. The number of nitrogens with zero attached hydrogens (tertiary/aromatic N) is 1. The fraction of sp³-hybridized carbons (Fsp3) is 0.304. The molecule has 5 heteroatoms. The zero-order chi connectivity index (χ0) is 20.1. The lowest BCUT2D eigenvalue weighted by Gasteiger charge is -2.25. The number of benzene rings is 2. The molecule has 0 fully saturated rings. The summed E-state index contributed by atoms with van der Waals surface area (Å²) >= 11 is 0. The van der Waals surface area contributed by atoms with E-state index >= 15 is 0 Å². The maximum Gasteiger partial charge on any atom is 0.290 e. The van der Waals surface area contributed by atoms with Gasteiger partial charge in [-0.2, -0.15) is 0 Å². The Kier molecular flexibility index (Phi) is 4.35. The van der Waals surface area contributed by atoms with Gasteiger partial charge in [0.1, 0.15) is 5.58 Å². The van der Waals surface area contributed by atoms with Gasteiger partial charge in [0, 0.05) is 6.54 Å². The number of fused-ring (bicyclic) bond motifs is 2. The smallest absolute Gasteiger partial charge is 0.290 e. The minimum atomic E-state index is -0.565. The predicted molar refractivity (Wildman–Crippen MR) is 108 cm³/mol. The fourth-order valence-corrected chi connectivity index (χ4v) is 3.82. The van der Waals surface area contributed by atoms with Gasteiger partial charge in [-0.15, -0.1) is 0 Å². The van der Waals surface area contributed by atoms with Gasteiger partial charge in [0.25, 0.3) is 5.91 Å². The van der Waals surface area contributed by atoms with E-state index in [4.69, 9.17) is 4.42 Å². The van der Waals surface area contributed by atoms with Crippen molar-refractivity contribution in [3.8, 4) is 0 Å². The number of aliphatic hydroxyl groups is 1. The zero-order valence-corrected chi connectivity index (χ0v) is 16.2. The van der Waals surface area contributed by atoms with Crippen LogP contribution in [0.1, 0.15) is 54.1 Å². The predicted octanol–water partition coefficient (Wildman–Crippen LogP) is 3.63. The van der Waals surface area contributed by atoms with Crippen molar-refractivity contribution in [1.29, 1.82) is 0 Å². The summed E-state index contributed by atoms with van der Waals surface area (Å²) in [5.74, 6) is -0.293. The molecule has 3 aromatic rings. The van der Waals surface area contributed by atoms with E-state index in [0.717, 1.165) is 5.56 Å². The summed E-state index contributed by atoms with van der Waals surface area (Å²) < 4.78 is 5.83. The van der Waals surface area contributed by atoms with Gasteiger partial charge in [0.15, 0.2) is 5.43 Å². The van der Waals surface area contributed by atoms with Crippen LogP contribution in [0.2, 0.25) is 0 Å². The van der Waals surface area contributed by atoms with Crippen LogP contribution in [-0.2, 0) is 5.41 Å². The van der Waals surface area contributed by atoms with Crippen molar-refractivity contribution in [3.05, 3.63) is 81.2 Å². The Balaban J connectivity index is 1.92. The molecule has 0 radical (unpaired) electrons. The van der Waals surface area contributed by atoms with Crippen LogP contribution in [0.5, 0.6) is 0 Å². The van der Waals surface area contributed by atoms with E-state index in [-0.39, 0.29) is 35.7 Å². The summed E-state index contributed by atoms with van der Waals surface area (Å²) in [5, 5.41) is 9.95. The average Bonchev–Trinajstić information content (AvgIpc) is 2.94. The van der Waals surface area contributed by atoms with Gasteiger partial charge in [-0.05, 0) is 28.7 Å². The van der Waals surface area contributed by atoms with Crippen molar-refractivity contribution in [2.45, 2.75) is 32.2 Å². The van der Waals surface area contributed by atoms with Crippen LogP contribution in [0.25, 0.3) is 11.0 Å². The molecular weight excluding hydrogens is 354 g/mol. The number of amides is 1. The van der Waals surface area contributed by atoms with E-state index in [9.17, 15) is 14.7 Å². The second kappa shape index (κ2) is 6.60. The Morgan fingerprint density at radius 3 is 2.36 bits per heavy atom. The molecule has 0 saturated heterocycles. The second-order valence-corrected chi connectivity index (χ2v) is 8.17. The first-order chi connectivity index (χ1) is 13.3. The van der Waals surface area contributed by atoms with Crippen LogP contribution >= 0.6 is 0 Å². The van der Waals surface area contributed by atoms with Gasteiger partial charge in [-0.25, -0.2) is 0 Å². The zero-order valence-electron chi connectivity index (χ0n) is 16.2. The van der Waals surface area contributed by atoms with Crippen molar-refractivity contribution < 1.29 is 14.3 Å². The topological polar surface area (TPSA) is 70.8 Å². The maximum absolute atomic E-state index is 13.2. The van der Waals surface area contributed by atoms with Crippen molar-refractivity contribution >= 4 is 16.9 Å². The van der Waals surface area contributed by atoms with E-state index in [1.54, 1.807) is 24.3 Å². The first kappa shape index (κ1) is 18.4. The second-order valence-electron chi connectivity index (χ2n) is 8.17. The molecule has 1 amide bonds. The average molecular weight is 377 g/mol. The fourth-order valence-electron chi connectivity index (χ4n) is 3.82. The molecule has 4 rings (SSSR count). The molecule has 144 valence electrons. The van der Waals surface area contributed by atoms with E-state index in [1.165, 1.54) is 10.5 Å². The highest BCUT2D eigenvalue weighted by Crippen LogP contribution is 2.38. The van der Waals surface area contributed by atoms with E-state index < -0.39 is 6.04 Å². The molecule has 0 aliphatic carbocycles. The Labute approximate surface area is 163 Å². The van der Waals surface area contributed by atoms with Crippen LogP contribution in [0, 0.1) is 0 Å². The molecular formula is C23H23NO4. The number of β-amino-alcohol motifs (C(OH)–C–C–N with tert-alkyl or cyclic N) is 1. The Bertz CT molecular complexity index is 1110. The number of rotatable bonds is 3. The Hall–Kier alpha value is -2.92. The third-order valence-electron chi connectivity index (χ3n) is 5.31. The van der Waals surface area contributed by atoms with Crippen LogP contribution in [0.15, 0.2) is 57.7 Å². The van der Waals surface area contributed by atoms with Gasteiger partial charge in [0.05, 0.1) is 23.6 Å². The van der Waals surface area contributed by atoms with Crippen LogP contribution in [-0.4, -0.2) is 29.1 Å². The van der Waals surface area contributed by atoms with Crippen LogP contribution in [0.3, 0.4) is 0 Å². The number of aliphatic hydroxyl groups excluding tert-OH is 1. The van der Waals surface area contributed by atoms with Crippen molar-refractivity contribution in [2.75, 3.05) is 13.2 Å². The molecule has 1 N–H and O–H groups in total. The molecule has 0 spiro atoms. The van der Waals surface area contributed by atoms with Crippen LogP contribution in [0.4, 0.5) is 0 Å². The summed E-state index contributed by atoms with van der Waals surface area (Å²) in [6, 6.07) is 14.3. The summed E-state index contributed by atoms with van der Waals surface area (Å²) in [6.45, 7) is 6.34. The van der Waals surface area contributed by atoms with Crippen molar-refractivity contribution in [2.24, 2.45) is 0 Å². The molecule has 28 heavy (non-hydrogen) atoms. The van der Waals surface area contributed by atoms with E-state index in [1.807, 2.05) is 24.3 Å². The number of carbonyl (C=O) groups is 1. The van der Waals surface area contributed by atoms with Gasteiger partial charge in [-0.3, -0.25) is 9.59 Å². The molecule has 1 aliphatic rings. The molecule has 1 aliphatic heterocycles. The van der Waals surface area contributed by atoms with Crippen LogP contribution < -0.4 is 5.43 Å². The first-order valence-corrected chi connectivity index (χ1v) is 9.41. The Morgan fingerprint density at radius 1 is 1.04 bits per heavy atom. The quantitative estimate of drug-likeness (QED) is 0.757. The molecule has 2 aromatic carbocycles. The highest BCUT2D eigenvalue weighted by molar-refractivity contribution is 5.99. The molecule has 2 heterocycles. The maximum atomic E-state index is 13.2. The molecule has 1 atom stereocenters. The SMILES string of the molecule is CC(C)(C)c1ccc([C@H]2c3c(oc4ccccc4c3=O)C(=O)N2CCO)cc1. The van der Waals surface area contributed by atoms with Gasteiger partial charge < -0.3 is 14.4 Å². The van der Waals surface area contributed by atoms with Gasteiger partial charge >= 0.3 is 0 Å². The molecule has 0 unspecified atom stereocenters. The lowest BCUT2D eigenvalue weighted by Crippen LogP contribution is -2.32. The van der Waals surface area contributed by atoms with Gasteiger partial charge in [0.2, 0.25) is 5.76 Å². The Morgan fingerprint density at radius 2 is 1.71 bits per heavy atom. The lowest BCUT2D eigenvalue weighted by atomic mass is 9.86. The third kappa shape index (κ3) is 2.83. The van der Waals surface area contributed by atoms with E-state index in [0.29, 0.717) is 16.5 Å².